The zero-order valence-electron chi connectivity index (χ0n) is 38.6. The molecule has 0 fully saturated rings. The molecule has 0 rings (SSSR count). The van der Waals surface area contributed by atoms with Gasteiger partial charge in [-0.25, -0.2) is 0 Å². The smallest absolute Gasteiger partial charge is 0.306 e. The molecule has 57 heavy (non-hydrogen) atoms. The fraction of sp³-hybridized carbons (Fsp3) is 0.941. The standard InChI is InChI=1S/C51H98O6/c1-4-7-10-13-16-19-22-24-25-26-28-29-32-35-38-41-44-50(53)56-47-48(46-55-49(52)43-40-37-34-31-21-18-15-12-9-6-3)57-51(54)45-42-39-36-33-30-27-23-20-17-14-11-8-5-2/h48H,4-47H2,1-3H3. The normalized spacial score (nSPS) is 11.8. The number of ether oxygens (including phenoxy) is 3. The number of carbonyl (C=O) groups is 3. The van der Waals surface area contributed by atoms with E-state index in [0.717, 1.165) is 57.8 Å². The van der Waals surface area contributed by atoms with Gasteiger partial charge in [-0.1, -0.05) is 252 Å². The van der Waals surface area contributed by atoms with Crippen molar-refractivity contribution in [2.24, 2.45) is 0 Å². The summed E-state index contributed by atoms with van der Waals surface area (Å²) >= 11 is 0. The van der Waals surface area contributed by atoms with Gasteiger partial charge in [-0.05, 0) is 19.3 Å². The van der Waals surface area contributed by atoms with Gasteiger partial charge in [0.05, 0.1) is 0 Å². The third-order valence-electron chi connectivity index (χ3n) is 11.6. The Bertz CT molecular complexity index is 844. The maximum Gasteiger partial charge on any atom is 0.306 e. The van der Waals surface area contributed by atoms with Gasteiger partial charge in [0.2, 0.25) is 0 Å². The number of unbranched alkanes of at least 4 members (excludes halogenated alkanes) is 36. The van der Waals surface area contributed by atoms with Crippen molar-refractivity contribution in [3.05, 3.63) is 0 Å². The van der Waals surface area contributed by atoms with E-state index in [1.807, 2.05) is 0 Å². The lowest BCUT2D eigenvalue weighted by molar-refractivity contribution is -0.167. The number of hydrogen-bond acceptors (Lipinski definition) is 6. The Hall–Kier alpha value is -1.59. The first kappa shape index (κ1) is 55.4. The van der Waals surface area contributed by atoms with Crippen molar-refractivity contribution < 1.29 is 28.6 Å². The maximum absolute atomic E-state index is 12.7. The summed E-state index contributed by atoms with van der Waals surface area (Å²) in [7, 11) is 0. The van der Waals surface area contributed by atoms with Crippen LogP contribution in [0, 0.1) is 0 Å². The van der Waals surface area contributed by atoms with Gasteiger partial charge >= 0.3 is 17.9 Å². The van der Waals surface area contributed by atoms with E-state index < -0.39 is 6.10 Å². The Labute approximate surface area is 355 Å². The molecule has 6 heteroatoms. The van der Waals surface area contributed by atoms with Gasteiger partial charge in [-0.15, -0.1) is 0 Å². The lowest BCUT2D eigenvalue weighted by atomic mass is 10.0. The first-order chi connectivity index (χ1) is 28.0. The molecule has 0 saturated heterocycles. The van der Waals surface area contributed by atoms with Crippen molar-refractivity contribution >= 4 is 17.9 Å². The summed E-state index contributed by atoms with van der Waals surface area (Å²) in [4.78, 5) is 37.8. The molecule has 0 aliphatic heterocycles. The van der Waals surface area contributed by atoms with Crippen molar-refractivity contribution in [2.75, 3.05) is 13.2 Å². The number of carbonyl (C=O) groups excluding carboxylic acids is 3. The maximum atomic E-state index is 12.7. The SMILES string of the molecule is CCCCCCCCCCCCCCCCCCC(=O)OCC(COC(=O)CCCCCCCCCCCC)OC(=O)CCCCCCCCCCCCCCC. The highest BCUT2D eigenvalue weighted by Crippen LogP contribution is 2.17. The van der Waals surface area contributed by atoms with Crippen LogP contribution in [0.1, 0.15) is 290 Å². The molecule has 0 aliphatic carbocycles. The van der Waals surface area contributed by atoms with E-state index in [4.69, 9.17) is 14.2 Å². The minimum atomic E-state index is -0.758. The van der Waals surface area contributed by atoms with E-state index >= 15 is 0 Å². The average molecular weight is 807 g/mol. The second-order valence-corrected chi connectivity index (χ2v) is 17.5. The Morgan fingerprint density at radius 2 is 0.474 bits per heavy atom. The van der Waals surface area contributed by atoms with Crippen LogP contribution in [0.25, 0.3) is 0 Å². The van der Waals surface area contributed by atoms with Crippen LogP contribution in [0.5, 0.6) is 0 Å². The lowest BCUT2D eigenvalue weighted by Crippen LogP contribution is -2.30. The van der Waals surface area contributed by atoms with Crippen LogP contribution in [-0.2, 0) is 28.6 Å². The van der Waals surface area contributed by atoms with Crippen LogP contribution in [-0.4, -0.2) is 37.2 Å². The fourth-order valence-corrected chi connectivity index (χ4v) is 7.74. The van der Waals surface area contributed by atoms with Crippen molar-refractivity contribution in [1.29, 1.82) is 0 Å². The quantitative estimate of drug-likeness (QED) is 0.0346. The highest BCUT2D eigenvalue weighted by atomic mass is 16.6. The molecule has 0 N–H and O–H groups in total. The van der Waals surface area contributed by atoms with Crippen LogP contribution < -0.4 is 0 Å². The fourth-order valence-electron chi connectivity index (χ4n) is 7.74. The summed E-state index contributed by atoms with van der Waals surface area (Å²) in [6, 6.07) is 0. The van der Waals surface area contributed by atoms with Gasteiger partial charge in [0.1, 0.15) is 13.2 Å². The highest BCUT2D eigenvalue weighted by Gasteiger charge is 2.19. The van der Waals surface area contributed by atoms with Crippen LogP contribution in [0.2, 0.25) is 0 Å². The zero-order chi connectivity index (χ0) is 41.5. The Morgan fingerprint density at radius 3 is 0.702 bits per heavy atom. The molecule has 0 aliphatic rings. The number of rotatable bonds is 47. The van der Waals surface area contributed by atoms with Crippen LogP contribution in [0.4, 0.5) is 0 Å². The molecule has 338 valence electrons. The van der Waals surface area contributed by atoms with Gasteiger partial charge in [0.15, 0.2) is 6.10 Å². The molecule has 1 unspecified atom stereocenters. The van der Waals surface area contributed by atoms with Crippen molar-refractivity contribution in [3.63, 3.8) is 0 Å². The van der Waals surface area contributed by atoms with Gasteiger partial charge in [-0.2, -0.15) is 0 Å². The van der Waals surface area contributed by atoms with Crippen LogP contribution in [0.3, 0.4) is 0 Å². The predicted molar refractivity (Wildman–Crippen MR) is 243 cm³/mol. The van der Waals surface area contributed by atoms with Gasteiger partial charge in [0, 0.05) is 19.3 Å². The summed E-state index contributed by atoms with van der Waals surface area (Å²) in [6.07, 6.45) is 49.4. The summed E-state index contributed by atoms with van der Waals surface area (Å²) < 4.78 is 16.8. The van der Waals surface area contributed by atoms with E-state index in [1.165, 1.54) is 193 Å². The molecule has 0 aromatic carbocycles. The van der Waals surface area contributed by atoms with E-state index in [2.05, 4.69) is 20.8 Å². The molecule has 0 heterocycles. The summed E-state index contributed by atoms with van der Waals surface area (Å²) in [6.45, 7) is 6.67. The van der Waals surface area contributed by atoms with Crippen molar-refractivity contribution in [2.45, 2.75) is 297 Å². The molecule has 0 spiro atoms. The minimum absolute atomic E-state index is 0.0619. The van der Waals surface area contributed by atoms with Crippen molar-refractivity contribution in [3.8, 4) is 0 Å². The minimum Gasteiger partial charge on any atom is -0.462 e. The number of hydrogen-bond donors (Lipinski definition) is 0. The lowest BCUT2D eigenvalue weighted by Gasteiger charge is -2.18. The molecule has 0 amide bonds. The molecule has 0 aromatic heterocycles. The van der Waals surface area contributed by atoms with E-state index in [9.17, 15) is 14.4 Å². The third kappa shape index (κ3) is 45.3. The Kier molecular flexibility index (Phi) is 45.8. The largest absolute Gasteiger partial charge is 0.462 e. The molecule has 0 saturated carbocycles. The zero-order valence-corrected chi connectivity index (χ0v) is 38.6. The van der Waals surface area contributed by atoms with E-state index in [1.54, 1.807) is 0 Å². The molecular formula is C51H98O6. The van der Waals surface area contributed by atoms with Crippen molar-refractivity contribution in [1.82, 2.24) is 0 Å². The summed E-state index contributed by atoms with van der Waals surface area (Å²) in [5, 5.41) is 0. The second kappa shape index (κ2) is 47.1. The van der Waals surface area contributed by atoms with E-state index in [-0.39, 0.29) is 31.1 Å². The monoisotopic (exact) mass is 807 g/mol. The first-order valence-corrected chi connectivity index (χ1v) is 25.5. The number of esters is 3. The van der Waals surface area contributed by atoms with Crippen LogP contribution >= 0.6 is 0 Å². The first-order valence-electron chi connectivity index (χ1n) is 25.5. The second-order valence-electron chi connectivity index (χ2n) is 17.5. The topological polar surface area (TPSA) is 78.9 Å². The molecular weight excluding hydrogens is 709 g/mol. The van der Waals surface area contributed by atoms with Crippen LogP contribution in [0.15, 0.2) is 0 Å². The molecule has 0 radical (unpaired) electrons. The third-order valence-corrected chi connectivity index (χ3v) is 11.6. The van der Waals surface area contributed by atoms with Gasteiger partial charge in [-0.3, -0.25) is 14.4 Å². The Balaban J connectivity index is 4.27. The van der Waals surface area contributed by atoms with E-state index in [0.29, 0.717) is 19.3 Å². The Morgan fingerprint density at radius 1 is 0.281 bits per heavy atom. The summed E-state index contributed by atoms with van der Waals surface area (Å²) in [5.41, 5.74) is 0. The molecule has 6 nitrogen and oxygen atoms in total. The molecule has 1 atom stereocenters. The van der Waals surface area contributed by atoms with Gasteiger partial charge < -0.3 is 14.2 Å². The average Bonchev–Trinajstić information content (AvgIpc) is 3.21. The van der Waals surface area contributed by atoms with Gasteiger partial charge in [0.25, 0.3) is 0 Å². The summed E-state index contributed by atoms with van der Waals surface area (Å²) in [5.74, 6) is -0.844. The predicted octanol–water partition coefficient (Wildman–Crippen LogP) is 16.4. The highest BCUT2D eigenvalue weighted by molar-refractivity contribution is 5.71. The molecule has 0 aromatic rings. The molecule has 0 bridgehead atoms.